The Morgan fingerprint density at radius 2 is 2.15 bits per heavy atom. The predicted molar refractivity (Wildman–Crippen MR) is 101 cm³/mol. The van der Waals surface area contributed by atoms with Crippen molar-refractivity contribution in [3.63, 3.8) is 0 Å². The number of pyridine rings is 1. The summed E-state index contributed by atoms with van der Waals surface area (Å²) in [6.07, 6.45) is 2.48. The molecule has 1 aliphatic rings. The van der Waals surface area contributed by atoms with Gasteiger partial charge >= 0.3 is 0 Å². The van der Waals surface area contributed by atoms with Crippen LogP contribution in [0.25, 0.3) is 0 Å². The van der Waals surface area contributed by atoms with E-state index in [1.54, 1.807) is 22.8 Å². The third-order valence-corrected chi connectivity index (χ3v) is 5.47. The number of hydrogen-bond donors (Lipinski definition) is 1. The van der Waals surface area contributed by atoms with Crippen molar-refractivity contribution in [1.29, 1.82) is 0 Å². The minimum Gasteiger partial charge on any atom is -0.495 e. The van der Waals surface area contributed by atoms with Gasteiger partial charge in [-0.25, -0.2) is 4.39 Å². The van der Waals surface area contributed by atoms with Gasteiger partial charge in [-0.2, -0.15) is 0 Å². The SMILES string of the molecule is COc1cscc1C(=O)N1CCC(F)(CNCc2ccc(C)cn2)CC1. The third-order valence-electron chi connectivity index (χ3n) is 4.74. The minimum absolute atomic E-state index is 0.0815. The van der Waals surface area contributed by atoms with Crippen molar-refractivity contribution in [2.24, 2.45) is 0 Å². The van der Waals surface area contributed by atoms with E-state index in [-0.39, 0.29) is 12.5 Å². The summed E-state index contributed by atoms with van der Waals surface area (Å²) >= 11 is 1.43. The molecular weight excluding hydrogens is 353 g/mol. The Morgan fingerprint density at radius 1 is 1.38 bits per heavy atom. The fourth-order valence-corrected chi connectivity index (χ4v) is 3.84. The Kier molecular flexibility index (Phi) is 5.88. The monoisotopic (exact) mass is 377 g/mol. The van der Waals surface area contributed by atoms with E-state index in [9.17, 15) is 4.79 Å². The number of aryl methyl sites for hydroxylation is 1. The molecule has 1 aliphatic heterocycles. The summed E-state index contributed by atoms with van der Waals surface area (Å²) in [5.41, 5.74) is 1.28. The van der Waals surface area contributed by atoms with E-state index < -0.39 is 5.67 Å². The molecule has 1 fully saturated rings. The number of methoxy groups -OCH3 is 1. The molecule has 140 valence electrons. The number of likely N-dealkylation sites (tertiary alicyclic amines) is 1. The molecule has 1 N–H and O–H groups in total. The highest BCUT2D eigenvalue weighted by atomic mass is 32.1. The van der Waals surface area contributed by atoms with Gasteiger partial charge in [0.25, 0.3) is 5.91 Å². The molecule has 1 amide bonds. The van der Waals surface area contributed by atoms with Crippen molar-refractivity contribution in [3.05, 3.63) is 45.9 Å². The van der Waals surface area contributed by atoms with E-state index in [4.69, 9.17) is 4.74 Å². The number of rotatable bonds is 6. The lowest BCUT2D eigenvalue weighted by molar-refractivity contribution is 0.0432. The molecule has 0 aromatic carbocycles. The summed E-state index contributed by atoms with van der Waals surface area (Å²) in [5, 5.41) is 6.75. The number of carbonyl (C=O) groups excluding carboxylic acids is 1. The molecule has 26 heavy (non-hydrogen) atoms. The standard InChI is InChI=1S/C19H24FN3O2S/c1-14-3-4-15(22-9-14)10-21-13-19(20)5-7-23(8-6-19)18(24)16-11-26-12-17(16)25-2/h3-4,9,11-12,21H,5-8,10,13H2,1-2H3. The summed E-state index contributed by atoms with van der Waals surface area (Å²) < 4.78 is 20.2. The lowest BCUT2D eigenvalue weighted by Gasteiger charge is -2.36. The lowest BCUT2D eigenvalue weighted by atomic mass is 9.93. The van der Waals surface area contributed by atoms with Crippen LogP contribution < -0.4 is 10.1 Å². The van der Waals surface area contributed by atoms with E-state index in [1.807, 2.05) is 25.3 Å². The van der Waals surface area contributed by atoms with Crippen LogP contribution in [0.4, 0.5) is 4.39 Å². The van der Waals surface area contributed by atoms with Crippen LogP contribution in [-0.4, -0.2) is 48.2 Å². The topological polar surface area (TPSA) is 54.5 Å². The zero-order valence-electron chi connectivity index (χ0n) is 15.1. The smallest absolute Gasteiger partial charge is 0.258 e. The van der Waals surface area contributed by atoms with Crippen molar-refractivity contribution >= 4 is 17.2 Å². The minimum atomic E-state index is -1.29. The molecule has 7 heteroatoms. The molecule has 5 nitrogen and oxygen atoms in total. The molecule has 0 bridgehead atoms. The second-order valence-electron chi connectivity index (χ2n) is 6.73. The predicted octanol–water partition coefficient (Wildman–Crippen LogP) is 3.19. The number of nitrogens with zero attached hydrogens (tertiary/aromatic N) is 2. The van der Waals surface area contributed by atoms with E-state index in [2.05, 4.69) is 10.3 Å². The Labute approximate surface area is 157 Å². The molecule has 2 aromatic heterocycles. The highest BCUT2D eigenvalue weighted by Crippen LogP contribution is 2.30. The Balaban J connectivity index is 1.49. The number of nitrogens with one attached hydrogen (secondary N) is 1. The normalized spacial score (nSPS) is 16.5. The number of piperidine rings is 1. The molecule has 3 heterocycles. The quantitative estimate of drug-likeness (QED) is 0.840. The zero-order valence-corrected chi connectivity index (χ0v) is 15.9. The van der Waals surface area contributed by atoms with Crippen LogP contribution >= 0.6 is 11.3 Å². The number of carbonyl (C=O) groups is 1. The molecule has 0 aliphatic carbocycles. The van der Waals surface area contributed by atoms with Gasteiger partial charge in [0, 0.05) is 56.0 Å². The largest absolute Gasteiger partial charge is 0.495 e. The molecule has 0 atom stereocenters. The lowest BCUT2D eigenvalue weighted by Crippen LogP contribution is -2.48. The summed E-state index contributed by atoms with van der Waals surface area (Å²) in [4.78, 5) is 18.6. The zero-order chi connectivity index (χ0) is 18.6. The van der Waals surface area contributed by atoms with E-state index in [0.717, 1.165) is 11.3 Å². The number of amides is 1. The summed E-state index contributed by atoms with van der Waals surface area (Å²) in [5.74, 6) is 0.506. The second-order valence-corrected chi connectivity index (χ2v) is 7.47. The van der Waals surface area contributed by atoms with Crippen LogP contribution in [0.3, 0.4) is 0 Å². The number of thiophene rings is 1. The highest BCUT2D eigenvalue weighted by molar-refractivity contribution is 7.08. The van der Waals surface area contributed by atoms with Crippen molar-refractivity contribution < 1.29 is 13.9 Å². The van der Waals surface area contributed by atoms with Gasteiger partial charge in [0.05, 0.1) is 18.4 Å². The van der Waals surface area contributed by atoms with Crippen molar-refractivity contribution in [2.75, 3.05) is 26.7 Å². The van der Waals surface area contributed by atoms with E-state index in [1.165, 1.54) is 11.3 Å². The first-order valence-electron chi connectivity index (χ1n) is 8.71. The van der Waals surface area contributed by atoms with E-state index >= 15 is 4.39 Å². The number of ether oxygens (including phenoxy) is 1. The number of halogens is 1. The molecule has 0 radical (unpaired) electrons. The van der Waals surface area contributed by atoms with Crippen molar-refractivity contribution in [1.82, 2.24) is 15.2 Å². The summed E-state index contributed by atoms with van der Waals surface area (Å²) in [7, 11) is 1.55. The molecule has 0 spiro atoms. The average molecular weight is 377 g/mol. The number of aromatic nitrogens is 1. The van der Waals surface area contributed by atoms with Gasteiger partial charge in [-0.15, -0.1) is 11.3 Å². The van der Waals surface area contributed by atoms with Gasteiger partial charge in [-0.05, 0) is 18.6 Å². The summed E-state index contributed by atoms with van der Waals surface area (Å²) in [6, 6.07) is 3.95. The van der Waals surface area contributed by atoms with Gasteiger partial charge < -0.3 is 15.0 Å². The first-order valence-corrected chi connectivity index (χ1v) is 9.66. The molecule has 1 saturated heterocycles. The molecule has 2 aromatic rings. The Morgan fingerprint density at radius 3 is 2.81 bits per heavy atom. The van der Waals surface area contributed by atoms with Crippen molar-refractivity contribution in [3.8, 4) is 5.75 Å². The third kappa shape index (κ3) is 4.40. The summed E-state index contributed by atoms with van der Waals surface area (Å²) in [6.45, 7) is 3.63. The molecule has 0 saturated carbocycles. The maximum atomic E-state index is 15.0. The Hall–Kier alpha value is -1.99. The van der Waals surface area contributed by atoms with Crippen LogP contribution in [0.5, 0.6) is 5.75 Å². The Bertz CT molecular complexity index is 739. The maximum absolute atomic E-state index is 15.0. The average Bonchev–Trinajstić information content (AvgIpc) is 3.12. The van der Waals surface area contributed by atoms with Crippen molar-refractivity contribution in [2.45, 2.75) is 32.0 Å². The number of hydrogen-bond acceptors (Lipinski definition) is 5. The van der Waals surface area contributed by atoms with Gasteiger partial charge in [-0.1, -0.05) is 6.07 Å². The number of alkyl halides is 1. The molecule has 0 unspecified atom stereocenters. The molecular formula is C19H24FN3O2S. The highest BCUT2D eigenvalue weighted by Gasteiger charge is 2.36. The van der Waals surface area contributed by atoms with Gasteiger partial charge in [0.1, 0.15) is 11.4 Å². The fourth-order valence-electron chi connectivity index (χ4n) is 3.07. The van der Waals surface area contributed by atoms with Gasteiger partial charge in [0.2, 0.25) is 0 Å². The van der Waals surface area contributed by atoms with Gasteiger partial charge in [0.15, 0.2) is 0 Å². The van der Waals surface area contributed by atoms with Crippen LogP contribution in [0, 0.1) is 6.92 Å². The van der Waals surface area contributed by atoms with Gasteiger partial charge in [-0.3, -0.25) is 9.78 Å². The van der Waals surface area contributed by atoms with Crippen LogP contribution in [0.2, 0.25) is 0 Å². The first-order chi connectivity index (χ1) is 12.5. The maximum Gasteiger partial charge on any atom is 0.258 e. The van der Waals surface area contributed by atoms with Crippen LogP contribution in [0.1, 0.15) is 34.5 Å². The second kappa shape index (κ2) is 8.14. The van der Waals surface area contributed by atoms with Crippen LogP contribution in [-0.2, 0) is 6.54 Å². The molecule has 3 rings (SSSR count). The first kappa shape index (κ1) is 18.8. The fraction of sp³-hybridized carbons (Fsp3) is 0.474. The van der Waals surface area contributed by atoms with Crippen LogP contribution in [0.15, 0.2) is 29.1 Å². The van der Waals surface area contributed by atoms with E-state index in [0.29, 0.717) is 43.8 Å².